The number of sulfonamides is 1. The highest BCUT2D eigenvalue weighted by Crippen LogP contribution is 2.15. The molecule has 0 fully saturated rings. The van der Waals surface area contributed by atoms with E-state index in [1.165, 1.54) is 6.20 Å². The van der Waals surface area contributed by atoms with Crippen molar-refractivity contribution in [1.29, 1.82) is 0 Å². The summed E-state index contributed by atoms with van der Waals surface area (Å²) in [6.45, 7) is 3.12. The molecule has 0 saturated heterocycles. The third-order valence-corrected chi connectivity index (χ3v) is 4.38. The van der Waals surface area contributed by atoms with Crippen LogP contribution in [0.25, 0.3) is 0 Å². The van der Waals surface area contributed by atoms with E-state index in [1.807, 2.05) is 31.2 Å². The Morgan fingerprint density at radius 2 is 2.05 bits per heavy atom. The number of nitrogens with one attached hydrogen (secondary N) is 2. The Labute approximate surface area is 123 Å². The van der Waals surface area contributed by atoms with Crippen LogP contribution in [0.15, 0.2) is 35.4 Å². The van der Waals surface area contributed by atoms with Gasteiger partial charge in [-0.05, 0) is 18.1 Å². The number of aromatic nitrogens is 2. The summed E-state index contributed by atoms with van der Waals surface area (Å²) >= 11 is 0. The molecule has 7 nitrogen and oxygen atoms in total. The second-order valence-electron chi connectivity index (χ2n) is 4.38. The van der Waals surface area contributed by atoms with Gasteiger partial charge in [0.1, 0.15) is 10.7 Å². The molecule has 0 spiro atoms. The van der Waals surface area contributed by atoms with Crippen LogP contribution in [0.3, 0.4) is 0 Å². The molecule has 0 aliphatic heterocycles. The molecule has 8 heteroatoms. The zero-order valence-electron chi connectivity index (χ0n) is 11.7. The second-order valence-corrected chi connectivity index (χ2v) is 6.11. The lowest BCUT2D eigenvalue weighted by molar-refractivity contribution is 0.133. The maximum absolute atomic E-state index is 12.1. The monoisotopic (exact) mass is 310 g/mol. The number of H-pyrrole nitrogens is 1. The highest BCUT2D eigenvalue weighted by molar-refractivity contribution is 7.89. The lowest BCUT2D eigenvalue weighted by atomic mass is 10.1. The second kappa shape index (κ2) is 6.70. The molecule has 0 unspecified atom stereocenters. The van der Waals surface area contributed by atoms with Crippen LogP contribution in [0, 0.1) is 0 Å². The molecule has 0 amide bonds. The summed E-state index contributed by atoms with van der Waals surface area (Å²) in [7, 11) is -3.69. The number of nitrogen functional groups attached to an aromatic ring is 1. The van der Waals surface area contributed by atoms with Gasteiger partial charge >= 0.3 is 0 Å². The minimum absolute atomic E-state index is 0.0186. The average molecular weight is 310 g/mol. The van der Waals surface area contributed by atoms with Gasteiger partial charge < -0.3 is 10.5 Å². The summed E-state index contributed by atoms with van der Waals surface area (Å²) in [5.74, 6) is 0.0186. The highest BCUT2D eigenvalue weighted by Gasteiger charge is 2.19. The molecule has 0 aliphatic carbocycles. The highest BCUT2D eigenvalue weighted by atomic mass is 32.2. The molecule has 1 aromatic carbocycles. The number of nitrogens with zero attached hydrogens (tertiary/aromatic N) is 1. The maximum atomic E-state index is 12.1. The topological polar surface area (TPSA) is 110 Å². The molecule has 0 bridgehead atoms. The summed E-state index contributed by atoms with van der Waals surface area (Å²) < 4.78 is 32.1. The molecular weight excluding hydrogens is 292 g/mol. The van der Waals surface area contributed by atoms with Crippen LogP contribution in [-0.4, -0.2) is 25.2 Å². The van der Waals surface area contributed by atoms with E-state index < -0.39 is 10.0 Å². The van der Waals surface area contributed by atoms with Gasteiger partial charge in [0.2, 0.25) is 10.0 Å². The van der Waals surface area contributed by atoms with Gasteiger partial charge in [0, 0.05) is 13.2 Å². The van der Waals surface area contributed by atoms with Crippen LogP contribution in [-0.2, 0) is 27.9 Å². The summed E-state index contributed by atoms with van der Waals surface area (Å²) in [6, 6.07) is 7.51. The van der Waals surface area contributed by atoms with Crippen molar-refractivity contribution in [1.82, 2.24) is 14.9 Å². The number of aromatic amines is 1. The van der Waals surface area contributed by atoms with Gasteiger partial charge in [-0.25, -0.2) is 13.1 Å². The first-order valence-corrected chi connectivity index (χ1v) is 7.96. The van der Waals surface area contributed by atoms with E-state index in [9.17, 15) is 8.42 Å². The fourth-order valence-electron chi connectivity index (χ4n) is 1.83. The summed E-state index contributed by atoms with van der Waals surface area (Å²) in [6.07, 6.45) is 1.18. The van der Waals surface area contributed by atoms with Crippen LogP contribution in [0.5, 0.6) is 0 Å². The smallest absolute Gasteiger partial charge is 0.246 e. The standard InChI is InChI=1S/C13H18N4O3S/c1-2-20-9-11-6-4-3-5-10(11)7-16-21(18,19)12-8-15-17-13(12)14/h3-6,8,16H,2,7,9H2,1H3,(H3,14,15,17). The predicted octanol–water partition coefficient (Wildman–Crippen LogP) is 1.01. The average Bonchev–Trinajstić information content (AvgIpc) is 2.91. The van der Waals surface area contributed by atoms with E-state index >= 15 is 0 Å². The van der Waals surface area contributed by atoms with E-state index in [-0.39, 0.29) is 17.3 Å². The van der Waals surface area contributed by atoms with Crippen molar-refractivity contribution in [2.24, 2.45) is 0 Å². The van der Waals surface area contributed by atoms with Crippen LogP contribution in [0.4, 0.5) is 5.82 Å². The quantitative estimate of drug-likeness (QED) is 0.707. The van der Waals surface area contributed by atoms with Crippen molar-refractivity contribution in [3.8, 4) is 0 Å². The Hall–Kier alpha value is -1.90. The van der Waals surface area contributed by atoms with Crippen LogP contribution < -0.4 is 10.5 Å². The molecule has 1 heterocycles. The van der Waals surface area contributed by atoms with E-state index in [2.05, 4.69) is 14.9 Å². The minimum atomic E-state index is -3.69. The molecule has 4 N–H and O–H groups in total. The number of nitrogens with two attached hydrogens (primary N) is 1. The number of hydrogen-bond acceptors (Lipinski definition) is 5. The first-order chi connectivity index (χ1) is 10.0. The number of benzene rings is 1. The number of anilines is 1. The van der Waals surface area contributed by atoms with Crippen molar-refractivity contribution in [3.05, 3.63) is 41.6 Å². The van der Waals surface area contributed by atoms with Crippen molar-refractivity contribution in [3.63, 3.8) is 0 Å². The van der Waals surface area contributed by atoms with Gasteiger partial charge in [-0.3, -0.25) is 5.10 Å². The van der Waals surface area contributed by atoms with E-state index in [0.717, 1.165) is 11.1 Å². The van der Waals surface area contributed by atoms with Crippen molar-refractivity contribution < 1.29 is 13.2 Å². The molecule has 2 rings (SSSR count). The number of ether oxygens (including phenoxy) is 1. The van der Waals surface area contributed by atoms with Gasteiger partial charge in [-0.2, -0.15) is 5.10 Å². The maximum Gasteiger partial charge on any atom is 0.246 e. The number of hydrogen-bond donors (Lipinski definition) is 3. The summed E-state index contributed by atoms with van der Waals surface area (Å²) in [5, 5.41) is 6.01. The van der Waals surface area contributed by atoms with Crippen LogP contribution in [0.1, 0.15) is 18.1 Å². The first kappa shape index (κ1) is 15.5. The van der Waals surface area contributed by atoms with Gasteiger partial charge in [0.25, 0.3) is 0 Å². The SMILES string of the molecule is CCOCc1ccccc1CNS(=O)(=O)c1cn[nH]c1N. The molecule has 2 aromatic rings. The lowest BCUT2D eigenvalue weighted by Gasteiger charge is -2.10. The lowest BCUT2D eigenvalue weighted by Crippen LogP contribution is -2.24. The van der Waals surface area contributed by atoms with Gasteiger partial charge in [0.05, 0.1) is 12.8 Å². The predicted molar refractivity (Wildman–Crippen MR) is 78.8 cm³/mol. The van der Waals surface area contributed by atoms with E-state index in [4.69, 9.17) is 10.5 Å². The van der Waals surface area contributed by atoms with Crippen LogP contribution in [0.2, 0.25) is 0 Å². The fourth-order valence-corrected chi connectivity index (χ4v) is 2.86. The number of rotatable bonds is 7. The third-order valence-electron chi connectivity index (χ3n) is 2.95. The molecule has 0 saturated carbocycles. The Morgan fingerprint density at radius 3 is 2.67 bits per heavy atom. The third kappa shape index (κ3) is 3.81. The summed E-state index contributed by atoms with van der Waals surface area (Å²) in [5.41, 5.74) is 7.34. The Bertz CT molecular complexity index is 697. The van der Waals surface area contributed by atoms with Crippen molar-refractivity contribution >= 4 is 15.8 Å². The van der Waals surface area contributed by atoms with Crippen molar-refractivity contribution in [2.75, 3.05) is 12.3 Å². The molecule has 0 aliphatic rings. The van der Waals surface area contributed by atoms with E-state index in [0.29, 0.717) is 13.2 Å². The van der Waals surface area contributed by atoms with E-state index in [1.54, 1.807) is 0 Å². The minimum Gasteiger partial charge on any atom is -0.383 e. The molecule has 0 atom stereocenters. The van der Waals surface area contributed by atoms with Crippen LogP contribution >= 0.6 is 0 Å². The molecule has 0 radical (unpaired) electrons. The Kier molecular flexibility index (Phi) is 4.94. The molecule has 21 heavy (non-hydrogen) atoms. The van der Waals surface area contributed by atoms with Gasteiger partial charge in [-0.1, -0.05) is 24.3 Å². The summed E-state index contributed by atoms with van der Waals surface area (Å²) in [4.78, 5) is -0.0511. The normalized spacial score (nSPS) is 11.7. The molecule has 114 valence electrons. The molecular formula is C13H18N4O3S. The largest absolute Gasteiger partial charge is 0.383 e. The fraction of sp³-hybridized carbons (Fsp3) is 0.308. The van der Waals surface area contributed by atoms with Gasteiger partial charge in [0.15, 0.2) is 0 Å². The Morgan fingerprint density at radius 1 is 1.33 bits per heavy atom. The molecule has 1 aromatic heterocycles. The zero-order valence-corrected chi connectivity index (χ0v) is 12.5. The zero-order chi connectivity index (χ0) is 15.3. The first-order valence-electron chi connectivity index (χ1n) is 6.47. The van der Waals surface area contributed by atoms with Gasteiger partial charge in [-0.15, -0.1) is 0 Å². The van der Waals surface area contributed by atoms with Crippen molar-refractivity contribution in [2.45, 2.75) is 25.0 Å². The Balaban J connectivity index is 2.11.